The summed E-state index contributed by atoms with van der Waals surface area (Å²) in [7, 11) is 0. The molecule has 3 aromatic rings. The highest BCUT2D eigenvalue weighted by molar-refractivity contribution is 6.28. The summed E-state index contributed by atoms with van der Waals surface area (Å²) in [5.41, 5.74) is 2.02. The Hall–Kier alpha value is -3.40. The van der Waals surface area contributed by atoms with Gasteiger partial charge in [-0.15, -0.1) is 0 Å². The van der Waals surface area contributed by atoms with Crippen molar-refractivity contribution in [1.29, 1.82) is 0 Å². The highest BCUT2D eigenvalue weighted by Gasteiger charge is 2.28. The Morgan fingerprint density at radius 3 is 0.958 bits per heavy atom. The molecule has 0 fully saturated rings. The van der Waals surface area contributed by atoms with E-state index in [0.29, 0.717) is 22.3 Å². The second-order valence-electron chi connectivity index (χ2n) is 5.27. The molecule has 0 unspecified atom stereocenters. The molecule has 24 heavy (non-hydrogen) atoms. The first-order valence-electron chi connectivity index (χ1n) is 7.33. The fourth-order valence-electron chi connectivity index (χ4n) is 2.50. The van der Waals surface area contributed by atoms with Crippen molar-refractivity contribution in [3.63, 3.8) is 0 Å². The first-order chi connectivity index (χ1) is 11.6. The minimum absolute atomic E-state index is 0.0641. The number of ketones is 2. The number of hydrogen-bond donors (Lipinski definition) is 2. The molecule has 1 aliphatic carbocycles. The van der Waals surface area contributed by atoms with Crippen molar-refractivity contribution in [2.75, 3.05) is 0 Å². The van der Waals surface area contributed by atoms with Crippen LogP contribution < -0.4 is 0 Å². The van der Waals surface area contributed by atoms with Gasteiger partial charge in [0.2, 0.25) is 0 Å². The maximum Gasteiger partial charge on any atom is 0.194 e. The van der Waals surface area contributed by atoms with Gasteiger partial charge in [-0.1, -0.05) is 48.5 Å². The van der Waals surface area contributed by atoms with Gasteiger partial charge in [0.05, 0.1) is 0 Å². The van der Waals surface area contributed by atoms with Crippen LogP contribution in [0.15, 0.2) is 72.8 Å². The van der Waals surface area contributed by atoms with Gasteiger partial charge in [0, 0.05) is 22.3 Å². The quantitative estimate of drug-likeness (QED) is 0.486. The third-order valence-electron chi connectivity index (χ3n) is 3.68. The Labute approximate surface area is 138 Å². The zero-order valence-corrected chi connectivity index (χ0v) is 12.6. The molecule has 118 valence electrons. The lowest BCUT2D eigenvalue weighted by molar-refractivity contribution is 0.0979. The van der Waals surface area contributed by atoms with Crippen molar-refractivity contribution in [3.05, 3.63) is 95.1 Å². The second-order valence-corrected chi connectivity index (χ2v) is 5.27. The van der Waals surface area contributed by atoms with Crippen LogP contribution >= 0.6 is 0 Å². The van der Waals surface area contributed by atoms with E-state index in [4.69, 9.17) is 10.2 Å². The van der Waals surface area contributed by atoms with Gasteiger partial charge in [-0.05, 0) is 24.3 Å². The zero-order chi connectivity index (χ0) is 17.1. The van der Waals surface area contributed by atoms with Gasteiger partial charge in [0.1, 0.15) is 11.5 Å². The molecular weight excluding hydrogens is 304 g/mol. The van der Waals surface area contributed by atoms with Crippen molar-refractivity contribution >= 4 is 11.6 Å². The Morgan fingerprint density at radius 2 is 0.708 bits per heavy atom. The molecule has 3 aromatic carbocycles. The highest BCUT2D eigenvalue weighted by Crippen LogP contribution is 2.26. The fourth-order valence-corrected chi connectivity index (χ4v) is 2.50. The summed E-state index contributed by atoms with van der Waals surface area (Å²) in [6, 6.07) is 19.6. The van der Waals surface area contributed by atoms with E-state index >= 15 is 0 Å². The summed E-state index contributed by atoms with van der Waals surface area (Å²) < 4.78 is 0. The number of hydrogen-bond acceptors (Lipinski definition) is 4. The number of carbonyl (C=O) groups excluding carboxylic acids is 2. The monoisotopic (exact) mass is 318 g/mol. The van der Waals surface area contributed by atoms with Crippen LogP contribution in [0.2, 0.25) is 0 Å². The van der Waals surface area contributed by atoms with E-state index in [1.807, 2.05) is 0 Å². The summed E-state index contributed by atoms with van der Waals surface area (Å²) in [5.74, 6) is 0.210. The van der Waals surface area contributed by atoms with Crippen molar-refractivity contribution in [2.24, 2.45) is 0 Å². The molecule has 4 rings (SSSR count). The van der Waals surface area contributed by atoms with E-state index < -0.39 is 0 Å². The maximum absolute atomic E-state index is 12.1. The van der Waals surface area contributed by atoms with Gasteiger partial charge < -0.3 is 10.2 Å². The molecule has 0 aromatic heterocycles. The predicted molar refractivity (Wildman–Crippen MR) is 89.5 cm³/mol. The number of aromatic hydroxyl groups is 2. The van der Waals surface area contributed by atoms with E-state index in [9.17, 15) is 9.59 Å². The van der Waals surface area contributed by atoms with Crippen molar-refractivity contribution < 1.29 is 19.8 Å². The van der Waals surface area contributed by atoms with Crippen LogP contribution in [0, 0.1) is 0 Å². The summed E-state index contributed by atoms with van der Waals surface area (Å²) in [6.07, 6.45) is 0. The van der Waals surface area contributed by atoms with Gasteiger partial charge in [-0.2, -0.15) is 0 Å². The van der Waals surface area contributed by atoms with Gasteiger partial charge in [0.15, 0.2) is 11.6 Å². The molecule has 0 saturated carbocycles. The zero-order valence-electron chi connectivity index (χ0n) is 12.6. The standard InChI is InChI=1S/C14H8O2.C6H6O2/c15-13-9-5-1-2-6-10(9)14(16)12-8-4-3-7-11(12)13;7-5-1-2-6(8)4-3-5/h1-8H;1-4,7-8H. The van der Waals surface area contributed by atoms with Crippen LogP contribution in [0.25, 0.3) is 0 Å². The molecule has 4 nitrogen and oxygen atoms in total. The normalized spacial score (nSPS) is 11.8. The van der Waals surface area contributed by atoms with E-state index in [1.54, 1.807) is 48.5 Å². The number of phenols is 2. The first kappa shape index (κ1) is 15.5. The van der Waals surface area contributed by atoms with Crippen LogP contribution in [0.5, 0.6) is 11.5 Å². The molecule has 0 saturated heterocycles. The molecular formula is C20H14O4. The summed E-state index contributed by atoms with van der Waals surface area (Å²) in [5, 5.41) is 17.3. The number of phenolic OH excluding ortho intramolecular Hbond substituents is 2. The molecule has 1 aliphatic rings. The van der Waals surface area contributed by atoms with Crippen molar-refractivity contribution in [1.82, 2.24) is 0 Å². The SMILES string of the molecule is O=C1c2ccccc2C(=O)c2ccccc21.Oc1ccc(O)cc1. The summed E-state index contributed by atoms with van der Waals surface area (Å²) in [6.45, 7) is 0. The smallest absolute Gasteiger partial charge is 0.194 e. The predicted octanol–water partition coefficient (Wildman–Crippen LogP) is 3.56. The Bertz CT molecular complexity index is 784. The van der Waals surface area contributed by atoms with E-state index in [0.717, 1.165) is 0 Å². The van der Waals surface area contributed by atoms with Gasteiger partial charge >= 0.3 is 0 Å². The molecule has 0 amide bonds. The van der Waals surface area contributed by atoms with E-state index in [-0.39, 0.29) is 23.1 Å². The lowest BCUT2D eigenvalue weighted by Crippen LogP contribution is -2.20. The minimum atomic E-state index is -0.0641. The van der Waals surface area contributed by atoms with Gasteiger partial charge in [-0.3, -0.25) is 9.59 Å². The number of rotatable bonds is 0. The van der Waals surface area contributed by atoms with Gasteiger partial charge in [0.25, 0.3) is 0 Å². The average molecular weight is 318 g/mol. The lowest BCUT2D eigenvalue weighted by Gasteiger charge is -2.16. The molecule has 0 atom stereocenters. The van der Waals surface area contributed by atoms with Crippen LogP contribution in [0.4, 0.5) is 0 Å². The maximum atomic E-state index is 12.1. The Balaban J connectivity index is 0.000000179. The van der Waals surface area contributed by atoms with E-state index in [1.165, 1.54) is 24.3 Å². The fraction of sp³-hybridized carbons (Fsp3) is 0. The first-order valence-corrected chi connectivity index (χ1v) is 7.33. The minimum Gasteiger partial charge on any atom is -0.508 e. The molecule has 0 heterocycles. The molecule has 0 bridgehead atoms. The number of fused-ring (bicyclic) bond motifs is 2. The van der Waals surface area contributed by atoms with Crippen LogP contribution in [0.1, 0.15) is 31.8 Å². The van der Waals surface area contributed by atoms with Crippen molar-refractivity contribution in [2.45, 2.75) is 0 Å². The van der Waals surface area contributed by atoms with E-state index in [2.05, 4.69) is 0 Å². The van der Waals surface area contributed by atoms with Gasteiger partial charge in [-0.25, -0.2) is 0 Å². The Kier molecular flexibility index (Phi) is 4.12. The topological polar surface area (TPSA) is 74.6 Å². The Morgan fingerprint density at radius 1 is 0.458 bits per heavy atom. The van der Waals surface area contributed by atoms with Crippen molar-refractivity contribution in [3.8, 4) is 11.5 Å². The number of carbonyl (C=O) groups is 2. The summed E-state index contributed by atoms with van der Waals surface area (Å²) >= 11 is 0. The third-order valence-corrected chi connectivity index (χ3v) is 3.68. The van der Waals surface area contributed by atoms with Crippen LogP contribution in [-0.2, 0) is 0 Å². The molecule has 0 spiro atoms. The average Bonchev–Trinajstić information content (AvgIpc) is 2.63. The lowest BCUT2D eigenvalue weighted by atomic mass is 9.84. The highest BCUT2D eigenvalue weighted by atomic mass is 16.3. The van der Waals surface area contributed by atoms with Crippen LogP contribution in [0.3, 0.4) is 0 Å². The summed E-state index contributed by atoms with van der Waals surface area (Å²) in [4.78, 5) is 24.2. The van der Waals surface area contributed by atoms with Crippen LogP contribution in [-0.4, -0.2) is 21.8 Å². The number of benzene rings is 3. The third kappa shape index (κ3) is 2.90. The molecule has 0 radical (unpaired) electrons. The second kappa shape index (κ2) is 6.38. The molecule has 4 heteroatoms. The molecule has 0 aliphatic heterocycles. The molecule has 2 N–H and O–H groups in total. The largest absolute Gasteiger partial charge is 0.508 e.